The van der Waals surface area contributed by atoms with E-state index in [-0.39, 0.29) is 12.0 Å². The van der Waals surface area contributed by atoms with Crippen LogP contribution >= 0.6 is 27.7 Å². The highest BCUT2D eigenvalue weighted by Gasteiger charge is 2.08. The Morgan fingerprint density at radius 1 is 1.58 bits per heavy atom. The molecule has 2 aromatic rings. The molecule has 102 valence electrons. The predicted molar refractivity (Wildman–Crippen MR) is 80.7 cm³/mol. The third kappa shape index (κ3) is 3.84. The molecule has 0 bridgehead atoms. The van der Waals surface area contributed by atoms with Gasteiger partial charge in [-0.05, 0) is 34.3 Å². The fourth-order valence-electron chi connectivity index (χ4n) is 1.38. The van der Waals surface area contributed by atoms with Crippen LogP contribution in [0.4, 0.5) is 10.7 Å². The lowest BCUT2D eigenvalue weighted by Crippen LogP contribution is -2.33. The first-order chi connectivity index (χ1) is 9.08. The van der Waals surface area contributed by atoms with Gasteiger partial charge in [-0.2, -0.15) is 16.7 Å². The van der Waals surface area contributed by atoms with Crippen molar-refractivity contribution in [2.75, 3.05) is 18.1 Å². The molecule has 2 rings (SSSR count). The summed E-state index contributed by atoms with van der Waals surface area (Å²) in [4.78, 5) is 15.8. The molecule has 1 atom stereocenters. The van der Waals surface area contributed by atoms with Gasteiger partial charge in [0, 0.05) is 22.5 Å². The molecular weight excluding hydrogens is 330 g/mol. The van der Waals surface area contributed by atoms with E-state index in [1.807, 2.05) is 25.3 Å². The molecule has 0 radical (unpaired) electrons. The SMILES string of the molecule is CS[C@H](C)CNC(=O)Nc1nc2ccc(Br)cn2n1. The lowest BCUT2D eigenvalue weighted by molar-refractivity contribution is 0.252. The maximum absolute atomic E-state index is 11.6. The summed E-state index contributed by atoms with van der Waals surface area (Å²) in [5.74, 6) is 0.285. The summed E-state index contributed by atoms with van der Waals surface area (Å²) in [5.41, 5.74) is 0.677. The van der Waals surface area contributed by atoms with Crippen LogP contribution in [-0.2, 0) is 0 Å². The van der Waals surface area contributed by atoms with E-state index in [0.29, 0.717) is 17.4 Å². The van der Waals surface area contributed by atoms with E-state index in [1.165, 1.54) is 0 Å². The van der Waals surface area contributed by atoms with Crippen LogP contribution < -0.4 is 10.6 Å². The summed E-state index contributed by atoms with van der Waals surface area (Å²) in [6, 6.07) is 3.39. The van der Waals surface area contributed by atoms with Gasteiger partial charge >= 0.3 is 6.03 Å². The van der Waals surface area contributed by atoms with E-state index >= 15 is 0 Å². The van der Waals surface area contributed by atoms with Gasteiger partial charge in [-0.3, -0.25) is 5.32 Å². The Morgan fingerprint density at radius 2 is 2.37 bits per heavy atom. The number of amides is 2. The van der Waals surface area contributed by atoms with E-state index in [9.17, 15) is 4.79 Å². The Morgan fingerprint density at radius 3 is 3.11 bits per heavy atom. The van der Waals surface area contributed by atoms with E-state index in [1.54, 1.807) is 22.5 Å². The standard InChI is InChI=1S/C11H14BrN5OS/c1-7(19-2)5-13-11(18)15-10-14-9-4-3-8(12)6-17(9)16-10/h3-4,6-7H,5H2,1-2H3,(H2,13,15,16,18)/t7-/m1/s1. The molecule has 0 aliphatic rings. The summed E-state index contributed by atoms with van der Waals surface area (Å²) < 4.78 is 2.50. The maximum atomic E-state index is 11.6. The molecule has 8 heteroatoms. The molecule has 0 fully saturated rings. The van der Waals surface area contributed by atoms with Gasteiger partial charge in [0.2, 0.25) is 0 Å². The van der Waals surface area contributed by atoms with Gasteiger partial charge in [0.25, 0.3) is 5.95 Å². The highest BCUT2D eigenvalue weighted by Crippen LogP contribution is 2.12. The summed E-state index contributed by atoms with van der Waals surface area (Å²) >= 11 is 5.05. The second-order valence-corrected chi connectivity index (χ2v) is 6.16. The molecule has 2 amide bonds. The summed E-state index contributed by atoms with van der Waals surface area (Å²) in [6.45, 7) is 2.65. The number of carbonyl (C=O) groups excluding carboxylic acids is 1. The Hall–Kier alpha value is -1.28. The third-order valence-corrected chi connectivity index (χ3v) is 3.91. The number of fused-ring (bicyclic) bond motifs is 1. The number of nitrogens with one attached hydrogen (secondary N) is 2. The minimum atomic E-state index is -0.295. The van der Waals surface area contributed by atoms with Crippen molar-refractivity contribution in [1.29, 1.82) is 0 Å². The first-order valence-corrected chi connectivity index (χ1v) is 7.76. The zero-order chi connectivity index (χ0) is 13.8. The number of thioether (sulfide) groups is 1. The smallest absolute Gasteiger partial charge is 0.321 e. The van der Waals surface area contributed by atoms with Crippen molar-refractivity contribution in [3.63, 3.8) is 0 Å². The quantitative estimate of drug-likeness (QED) is 0.893. The van der Waals surface area contributed by atoms with Crippen LogP contribution in [0.25, 0.3) is 5.65 Å². The van der Waals surface area contributed by atoms with Crippen molar-refractivity contribution in [2.24, 2.45) is 0 Å². The third-order valence-electron chi connectivity index (χ3n) is 2.47. The zero-order valence-corrected chi connectivity index (χ0v) is 13.0. The largest absolute Gasteiger partial charge is 0.337 e. The first kappa shape index (κ1) is 14.1. The molecule has 0 aliphatic heterocycles. The summed E-state index contributed by atoms with van der Waals surface area (Å²) in [7, 11) is 0. The fourth-order valence-corrected chi connectivity index (χ4v) is 1.95. The number of anilines is 1. The van der Waals surface area contributed by atoms with Crippen molar-refractivity contribution in [1.82, 2.24) is 19.9 Å². The first-order valence-electron chi connectivity index (χ1n) is 5.68. The molecule has 0 saturated heterocycles. The number of urea groups is 1. The molecular formula is C11H14BrN5OS. The summed E-state index contributed by atoms with van der Waals surface area (Å²) in [6.07, 6.45) is 3.78. The van der Waals surface area contributed by atoms with Gasteiger partial charge in [-0.15, -0.1) is 5.10 Å². The highest BCUT2D eigenvalue weighted by atomic mass is 79.9. The van der Waals surface area contributed by atoms with Crippen LogP contribution in [-0.4, -0.2) is 38.7 Å². The Labute approximate surface area is 123 Å². The molecule has 19 heavy (non-hydrogen) atoms. The number of nitrogens with zero attached hydrogens (tertiary/aromatic N) is 3. The Balaban J connectivity index is 1.99. The van der Waals surface area contributed by atoms with Crippen molar-refractivity contribution in [3.05, 3.63) is 22.8 Å². The number of hydrogen-bond donors (Lipinski definition) is 2. The van der Waals surface area contributed by atoms with Crippen LogP contribution in [0.15, 0.2) is 22.8 Å². The molecule has 0 spiro atoms. The molecule has 0 saturated carbocycles. The van der Waals surface area contributed by atoms with Crippen LogP contribution in [0.1, 0.15) is 6.92 Å². The topological polar surface area (TPSA) is 71.3 Å². The molecule has 0 aromatic carbocycles. The lowest BCUT2D eigenvalue weighted by Gasteiger charge is -2.09. The van der Waals surface area contributed by atoms with Crippen LogP contribution in [0.5, 0.6) is 0 Å². The van der Waals surface area contributed by atoms with Crippen molar-refractivity contribution in [3.8, 4) is 0 Å². The second-order valence-electron chi connectivity index (χ2n) is 3.97. The van der Waals surface area contributed by atoms with E-state index in [4.69, 9.17) is 0 Å². The number of aromatic nitrogens is 3. The van der Waals surface area contributed by atoms with E-state index < -0.39 is 0 Å². The molecule has 0 unspecified atom stereocenters. The summed E-state index contributed by atoms with van der Waals surface area (Å²) in [5, 5.41) is 9.91. The molecule has 2 heterocycles. The predicted octanol–water partition coefficient (Wildman–Crippen LogP) is 2.36. The Bertz CT molecular complexity index is 587. The second kappa shape index (κ2) is 6.25. The number of pyridine rings is 1. The van der Waals surface area contributed by atoms with E-state index in [2.05, 4.69) is 36.6 Å². The van der Waals surface area contributed by atoms with Gasteiger partial charge in [0.05, 0.1) is 0 Å². The zero-order valence-electron chi connectivity index (χ0n) is 10.6. The Kier molecular flexibility index (Phi) is 4.65. The van der Waals surface area contributed by atoms with Gasteiger partial charge in [-0.25, -0.2) is 9.31 Å². The van der Waals surface area contributed by atoms with Gasteiger partial charge < -0.3 is 5.32 Å². The minimum absolute atomic E-state index is 0.285. The molecule has 0 aliphatic carbocycles. The van der Waals surface area contributed by atoms with Gasteiger partial charge in [0.15, 0.2) is 5.65 Å². The van der Waals surface area contributed by atoms with E-state index in [0.717, 1.165) is 4.47 Å². The van der Waals surface area contributed by atoms with Crippen LogP contribution in [0, 0.1) is 0 Å². The number of halogens is 1. The maximum Gasteiger partial charge on any atom is 0.321 e. The normalized spacial score (nSPS) is 12.4. The number of rotatable bonds is 4. The fraction of sp³-hybridized carbons (Fsp3) is 0.364. The highest BCUT2D eigenvalue weighted by molar-refractivity contribution is 9.10. The molecule has 6 nitrogen and oxygen atoms in total. The van der Waals surface area contributed by atoms with Crippen molar-refractivity contribution in [2.45, 2.75) is 12.2 Å². The minimum Gasteiger partial charge on any atom is -0.337 e. The number of hydrogen-bond acceptors (Lipinski definition) is 4. The average Bonchev–Trinajstić information content (AvgIpc) is 2.77. The van der Waals surface area contributed by atoms with Gasteiger partial charge in [-0.1, -0.05) is 6.92 Å². The van der Waals surface area contributed by atoms with Crippen LogP contribution in [0.3, 0.4) is 0 Å². The van der Waals surface area contributed by atoms with Crippen molar-refractivity contribution < 1.29 is 4.79 Å². The lowest BCUT2D eigenvalue weighted by atomic mass is 10.5. The number of carbonyl (C=O) groups is 1. The monoisotopic (exact) mass is 343 g/mol. The molecule has 2 N–H and O–H groups in total. The molecule has 2 aromatic heterocycles. The average molecular weight is 344 g/mol. The van der Waals surface area contributed by atoms with Crippen LogP contribution in [0.2, 0.25) is 0 Å². The van der Waals surface area contributed by atoms with Gasteiger partial charge in [0.1, 0.15) is 0 Å². The van der Waals surface area contributed by atoms with Crippen molar-refractivity contribution >= 4 is 45.3 Å².